The molecular formula is C9H8FN3O. The Morgan fingerprint density at radius 1 is 1.43 bits per heavy atom. The van der Waals surface area contributed by atoms with Crippen LogP contribution in [0.2, 0.25) is 0 Å². The van der Waals surface area contributed by atoms with Crippen LogP contribution in [-0.2, 0) is 0 Å². The molecule has 2 aromatic rings. The summed E-state index contributed by atoms with van der Waals surface area (Å²) in [4.78, 5) is 7.81. The minimum absolute atomic E-state index is 0.0867. The van der Waals surface area contributed by atoms with Gasteiger partial charge in [0.2, 0.25) is 0 Å². The van der Waals surface area contributed by atoms with E-state index in [-0.39, 0.29) is 11.8 Å². The van der Waals surface area contributed by atoms with Gasteiger partial charge in [-0.15, -0.1) is 0 Å². The van der Waals surface area contributed by atoms with Crippen molar-refractivity contribution in [2.45, 2.75) is 6.92 Å². The number of anilines is 1. The zero-order valence-electron chi connectivity index (χ0n) is 7.49. The maximum absolute atomic E-state index is 12.6. The van der Waals surface area contributed by atoms with Gasteiger partial charge in [0.1, 0.15) is 17.3 Å². The molecule has 14 heavy (non-hydrogen) atoms. The van der Waals surface area contributed by atoms with E-state index in [9.17, 15) is 4.39 Å². The molecule has 0 atom stereocenters. The lowest BCUT2D eigenvalue weighted by molar-refractivity contribution is 0.548. The van der Waals surface area contributed by atoms with Crippen molar-refractivity contribution in [3.05, 3.63) is 29.9 Å². The number of halogens is 1. The van der Waals surface area contributed by atoms with E-state index in [4.69, 9.17) is 10.2 Å². The predicted molar refractivity (Wildman–Crippen MR) is 48.8 cm³/mol. The molecule has 2 aromatic heterocycles. The lowest BCUT2D eigenvalue weighted by Crippen LogP contribution is -1.87. The van der Waals surface area contributed by atoms with E-state index in [1.54, 1.807) is 6.92 Å². The van der Waals surface area contributed by atoms with Crippen LogP contribution in [0.15, 0.2) is 22.7 Å². The SMILES string of the molecule is Cc1oc(N)nc1-c1ccc(F)cn1. The first-order valence-electron chi connectivity index (χ1n) is 4.01. The van der Waals surface area contributed by atoms with Crippen LogP contribution in [0, 0.1) is 12.7 Å². The largest absolute Gasteiger partial charge is 0.428 e. The summed E-state index contributed by atoms with van der Waals surface area (Å²) < 4.78 is 17.6. The summed E-state index contributed by atoms with van der Waals surface area (Å²) in [7, 11) is 0. The minimum atomic E-state index is -0.386. The highest BCUT2D eigenvalue weighted by Gasteiger charge is 2.10. The Balaban J connectivity index is 2.49. The zero-order valence-corrected chi connectivity index (χ0v) is 7.49. The molecule has 0 saturated carbocycles. The van der Waals surface area contributed by atoms with E-state index in [2.05, 4.69) is 9.97 Å². The maximum Gasteiger partial charge on any atom is 0.292 e. The van der Waals surface area contributed by atoms with Gasteiger partial charge >= 0.3 is 0 Å². The first-order valence-corrected chi connectivity index (χ1v) is 4.01. The number of nitrogens with two attached hydrogens (primary N) is 1. The Morgan fingerprint density at radius 2 is 2.21 bits per heavy atom. The smallest absolute Gasteiger partial charge is 0.292 e. The number of nitrogens with zero attached hydrogens (tertiary/aromatic N) is 2. The third-order valence-electron chi connectivity index (χ3n) is 1.78. The topological polar surface area (TPSA) is 64.9 Å². The molecular weight excluding hydrogens is 185 g/mol. The van der Waals surface area contributed by atoms with Crippen LogP contribution in [0.1, 0.15) is 5.76 Å². The van der Waals surface area contributed by atoms with Gasteiger partial charge < -0.3 is 10.2 Å². The first-order chi connectivity index (χ1) is 6.66. The summed E-state index contributed by atoms with van der Waals surface area (Å²) in [6.07, 6.45) is 1.12. The highest BCUT2D eigenvalue weighted by atomic mass is 19.1. The second-order valence-corrected chi connectivity index (χ2v) is 2.82. The Hall–Kier alpha value is -1.91. The van der Waals surface area contributed by atoms with Crippen LogP contribution in [-0.4, -0.2) is 9.97 Å². The highest BCUT2D eigenvalue weighted by molar-refractivity contribution is 5.57. The van der Waals surface area contributed by atoms with E-state index >= 15 is 0 Å². The molecule has 2 N–H and O–H groups in total. The second-order valence-electron chi connectivity index (χ2n) is 2.82. The lowest BCUT2D eigenvalue weighted by Gasteiger charge is -1.94. The molecule has 0 radical (unpaired) electrons. The van der Waals surface area contributed by atoms with Gasteiger partial charge in [-0.3, -0.25) is 4.98 Å². The molecule has 5 heteroatoms. The van der Waals surface area contributed by atoms with Crippen LogP contribution in [0.3, 0.4) is 0 Å². The quantitative estimate of drug-likeness (QED) is 0.749. The standard InChI is InChI=1S/C9H8FN3O/c1-5-8(13-9(11)14-5)7-3-2-6(10)4-12-7/h2-4H,1H3,(H2,11,13). The van der Waals surface area contributed by atoms with Crippen molar-refractivity contribution >= 4 is 6.01 Å². The molecule has 2 heterocycles. The molecule has 72 valence electrons. The van der Waals surface area contributed by atoms with E-state index in [0.717, 1.165) is 6.20 Å². The van der Waals surface area contributed by atoms with Gasteiger partial charge in [-0.05, 0) is 19.1 Å². The van der Waals surface area contributed by atoms with Gasteiger partial charge in [-0.25, -0.2) is 4.39 Å². The third kappa shape index (κ3) is 1.44. The average molecular weight is 193 g/mol. The summed E-state index contributed by atoms with van der Waals surface area (Å²) in [5, 5.41) is 0. The number of aryl methyl sites for hydroxylation is 1. The molecule has 0 amide bonds. The van der Waals surface area contributed by atoms with Gasteiger partial charge in [-0.2, -0.15) is 4.98 Å². The van der Waals surface area contributed by atoms with E-state index < -0.39 is 0 Å². The summed E-state index contributed by atoms with van der Waals surface area (Å²) in [6, 6.07) is 2.93. The summed E-state index contributed by atoms with van der Waals surface area (Å²) >= 11 is 0. The van der Waals surface area contributed by atoms with E-state index in [0.29, 0.717) is 17.1 Å². The Kier molecular flexibility index (Phi) is 1.92. The molecule has 0 bridgehead atoms. The third-order valence-corrected chi connectivity index (χ3v) is 1.78. The lowest BCUT2D eigenvalue weighted by atomic mass is 10.2. The number of pyridine rings is 1. The van der Waals surface area contributed by atoms with Crippen LogP contribution < -0.4 is 5.73 Å². The van der Waals surface area contributed by atoms with Crippen molar-refractivity contribution < 1.29 is 8.81 Å². The monoisotopic (exact) mass is 193 g/mol. The molecule has 0 saturated heterocycles. The summed E-state index contributed by atoms with van der Waals surface area (Å²) in [5.41, 5.74) is 6.46. The summed E-state index contributed by atoms with van der Waals surface area (Å²) in [6.45, 7) is 1.73. The van der Waals surface area contributed by atoms with Crippen molar-refractivity contribution in [3.8, 4) is 11.4 Å². The van der Waals surface area contributed by atoms with Crippen molar-refractivity contribution in [2.24, 2.45) is 0 Å². The number of nitrogen functional groups attached to an aromatic ring is 1. The van der Waals surface area contributed by atoms with Crippen molar-refractivity contribution in [1.29, 1.82) is 0 Å². The fraction of sp³-hybridized carbons (Fsp3) is 0.111. The van der Waals surface area contributed by atoms with Crippen molar-refractivity contribution in [1.82, 2.24) is 9.97 Å². The molecule has 0 fully saturated rings. The fourth-order valence-electron chi connectivity index (χ4n) is 1.17. The number of aromatic nitrogens is 2. The van der Waals surface area contributed by atoms with Crippen molar-refractivity contribution in [2.75, 3.05) is 5.73 Å². The molecule has 0 aliphatic carbocycles. The molecule has 0 aromatic carbocycles. The van der Waals surface area contributed by atoms with Gasteiger partial charge in [0.15, 0.2) is 0 Å². The Bertz CT molecular complexity index is 450. The van der Waals surface area contributed by atoms with Crippen LogP contribution >= 0.6 is 0 Å². The highest BCUT2D eigenvalue weighted by Crippen LogP contribution is 2.22. The molecule has 0 aliphatic rings. The van der Waals surface area contributed by atoms with Crippen LogP contribution in [0.5, 0.6) is 0 Å². The number of hydrogen-bond donors (Lipinski definition) is 1. The van der Waals surface area contributed by atoms with Crippen LogP contribution in [0.25, 0.3) is 11.4 Å². The van der Waals surface area contributed by atoms with Crippen LogP contribution in [0.4, 0.5) is 10.4 Å². The molecule has 2 rings (SSSR count). The molecule has 0 aliphatic heterocycles. The Morgan fingerprint density at radius 3 is 2.71 bits per heavy atom. The molecule has 0 unspecified atom stereocenters. The van der Waals surface area contributed by atoms with Gasteiger partial charge in [0.05, 0.1) is 11.9 Å². The number of rotatable bonds is 1. The molecule has 0 spiro atoms. The number of oxazole rings is 1. The Labute approximate surface area is 79.6 Å². The first kappa shape index (κ1) is 8.68. The average Bonchev–Trinajstić information content (AvgIpc) is 2.47. The van der Waals surface area contributed by atoms with Gasteiger partial charge in [0.25, 0.3) is 6.01 Å². The second kappa shape index (κ2) is 3.10. The van der Waals surface area contributed by atoms with Crippen molar-refractivity contribution in [3.63, 3.8) is 0 Å². The van der Waals surface area contributed by atoms with Gasteiger partial charge in [0, 0.05) is 0 Å². The van der Waals surface area contributed by atoms with Gasteiger partial charge in [-0.1, -0.05) is 0 Å². The molecule has 4 nitrogen and oxygen atoms in total. The van der Waals surface area contributed by atoms with E-state index in [1.807, 2.05) is 0 Å². The maximum atomic E-state index is 12.6. The fourth-order valence-corrected chi connectivity index (χ4v) is 1.17. The van der Waals surface area contributed by atoms with E-state index in [1.165, 1.54) is 12.1 Å². The summed E-state index contributed by atoms with van der Waals surface area (Å²) in [5.74, 6) is 0.185. The minimum Gasteiger partial charge on any atom is -0.428 e. The zero-order chi connectivity index (χ0) is 10.1. The number of hydrogen-bond acceptors (Lipinski definition) is 4. The normalized spacial score (nSPS) is 10.4. The predicted octanol–water partition coefficient (Wildman–Crippen LogP) is 1.77.